The van der Waals surface area contributed by atoms with Crippen molar-refractivity contribution in [2.24, 2.45) is 5.73 Å². The zero-order valence-electron chi connectivity index (χ0n) is 22.7. The van der Waals surface area contributed by atoms with Crippen molar-refractivity contribution in [3.63, 3.8) is 0 Å². The fourth-order valence-corrected chi connectivity index (χ4v) is 5.16. The van der Waals surface area contributed by atoms with Crippen molar-refractivity contribution < 1.29 is 19.1 Å². The van der Waals surface area contributed by atoms with Crippen LogP contribution in [0.5, 0.6) is 5.75 Å². The highest BCUT2D eigenvalue weighted by molar-refractivity contribution is 7.09. The maximum atomic E-state index is 14.2. The van der Waals surface area contributed by atoms with Crippen LogP contribution in [-0.2, 0) is 11.2 Å². The highest BCUT2D eigenvalue weighted by Gasteiger charge is 2.36. The van der Waals surface area contributed by atoms with Gasteiger partial charge in [0.2, 0.25) is 0 Å². The number of rotatable bonds is 9. The average Bonchev–Trinajstić information content (AvgIpc) is 3.35. The number of benzene rings is 3. The molecule has 10 heteroatoms. The van der Waals surface area contributed by atoms with Crippen molar-refractivity contribution >= 4 is 46.3 Å². The van der Waals surface area contributed by atoms with Crippen LogP contribution in [0.4, 0.5) is 17.1 Å². The normalized spacial score (nSPS) is 11.5. The number of nitrogens with zero attached hydrogens (tertiary/aromatic N) is 2. The topological polar surface area (TPSA) is 141 Å². The highest BCUT2D eigenvalue weighted by atomic mass is 32.1. The minimum absolute atomic E-state index is 0.00625. The van der Waals surface area contributed by atoms with Crippen molar-refractivity contribution in [2.45, 2.75) is 33.2 Å². The predicted octanol–water partition coefficient (Wildman–Crippen LogP) is 5.04. The number of amides is 3. The molecule has 1 unspecified atom stereocenters. The van der Waals surface area contributed by atoms with Gasteiger partial charge in [-0.05, 0) is 78.3 Å². The number of nitrogens with one attached hydrogen (secondary N) is 1. The van der Waals surface area contributed by atoms with E-state index in [-0.39, 0.29) is 16.3 Å². The van der Waals surface area contributed by atoms with Gasteiger partial charge in [-0.3, -0.25) is 19.3 Å². The van der Waals surface area contributed by atoms with Crippen LogP contribution in [0.3, 0.4) is 0 Å². The summed E-state index contributed by atoms with van der Waals surface area (Å²) in [5.74, 6) is -1.27. The van der Waals surface area contributed by atoms with Gasteiger partial charge < -0.3 is 21.5 Å². The van der Waals surface area contributed by atoms with Gasteiger partial charge >= 0.3 is 0 Å². The van der Waals surface area contributed by atoms with Crippen molar-refractivity contribution in [1.29, 1.82) is 0 Å². The van der Waals surface area contributed by atoms with Gasteiger partial charge in [-0.15, -0.1) is 0 Å². The molecule has 3 aromatic carbocycles. The second kappa shape index (κ2) is 12.0. The van der Waals surface area contributed by atoms with Crippen LogP contribution in [0.2, 0.25) is 0 Å². The monoisotopic (exact) mass is 557 g/mol. The largest absolute Gasteiger partial charge is 0.497 e. The summed E-state index contributed by atoms with van der Waals surface area (Å²) < 4.78 is 9.32. The van der Waals surface area contributed by atoms with E-state index in [2.05, 4.69) is 9.69 Å². The summed E-state index contributed by atoms with van der Waals surface area (Å²) in [7, 11) is 1.55. The van der Waals surface area contributed by atoms with Crippen molar-refractivity contribution in [1.82, 2.24) is 4.37 Å². The van der Waals surface area contributed by atoms with Gasteiger partial charge in [-0.25, -0.2) is 0 Å². The summed E-state index contributed by atoms with van der Waals surface area (Å²) >= 11 is 0.764. The first-order chi connectivity index (χ1) is 19.2. The highest BCUT2D eigenvalue weighted by Crippen LogP contribution is 2.35. The van der Waals surface area contributed by atoms with Crippen molar-refractivity contribution in [2.75, 3.05) is 23.1 Å². The zero-order chi connectivity index (χ0) is 29.0. The minimum atomic E-state index is -1.12. The van der Waals surface area contributed by atoms with Crippen LogP contribution in [0.1, 0.15) is 55.4 Å². The molecule has 0 aliphatic rings. The van der Waals surface area contributed by atoms with E-state index in [0.717, 1.165) is 34.6 Å². The molecule has 1 heterocycles. The molecule has 4 rings (SSSR count). The number of carbonyl (C=O) groups excluding carboxylic acids is 3. The maximum Gasteiger partial charge on any atom is 0.273 e. The third-order valence-electron chi connectivity index (χ3n) is 6.66. The lowest BCUT2D eigenvalue weighted by atomic mass is 10.0. The molecule has 0 bridgehead atoms. The van der Waals surface area contributed by atoms with Crippen molar-refractivity contribution in [3.05, 3.63) is 99.6 Å². The Morgan fingerprint density at radius 1 is 1.00 bits per heavy atom. The fraction of sp³-hybridized carbons (Fsp3) is 0.200. The molecule has 4 aromatic rings. The van der Waals surface area contributed by atoms with Gasteiger partial charge in [0.15, 0.2) is 5.69 Å². The van der Waals surface area contributed by atoms with Gasteiger partial charge in [-0.2, -0.15) is 4.37 Å². The lowest BCUT2D eigenvalue weighted by Gasteiger charge is -2.32. The predicted molar refractivity (Wildman–Crippen MR) is 158 cm³/mol. The quantitative estimate of drug-likeness (QED) is 0.263. The van der Waals surface area contributed by atoms with Gasteiger partial charge in [0.05, 0.1) is 12.8 Å². The summed E-state index contributed by atoms with van der Waals surface area (Å²) in [4.78, 5) is 41.7. The van der Waals surface area contributed by atoms with Crippen LogP contribution in [-0.4, -0.2) is 29.2 Å². The number of anilines is 3. The van der Waals surface area contributed by atoms with E-state index >= 15 is 0 Å². The zero-order valence-corrected chi connectivity index (χ0v) is 23.5. The lowest BCUT2D eigenvalue weighted by Crippen LogP contribution is -2.41. The summed E-state index contributed by atoms with van der Waals surface area (Å²) in [6.45, 7) is 5.83. The van der Waals surface area contributed by atoms with E-state index in [1.165, 1.54) is 4.90 Å². The molecule has 5 N–H and O–H groups in total. The Morgan fingerprint density at radius 2 is 1.62 bits per heavy atom. The molecule has 0 radical (unpaired) electrons. The summed E-state index contributed by atoms with van der Waals surface area (Å²) in [6.07, 6.45) is 0.799. The number of aromatic nitrogens is 1. The molecule has 0 fully saturated rings. The van der Waals surface area contributed by atoms with E-state index in [0.29, 0.717) is 22.7 Å². The smallest absolute Gasteiger partial charge is 0.273 e. The molecule has 40 heavy (non-hydrogen) atoms. The molecule has 1 atom stereocenters. The molecule has 0 saturated heterocycles. The Labute approximate surface area is 236 Å². The lowest BCUT2D eigenvalue weighted by molar-refractivity contribution is -0.117. The third-order valence-corrected chi connectivity index (χ3v) is 7.52. The summed E-state index contributed by atoms with van der Waals surface area (Å²) in [5, 5.41) is 3.04. The molecule has 3 amide bonds. The second-order valence-corrected chi connectivity index (χ2v) is 10.0. The Hall–Kier alpha value is -4.70. The van der Waals surface area contributed by atoms with E-state index in [4.69, 9.17) is 16.2 Å². The minimum Gasteiger partial charge on any atom is -0.497 e. The molecular weight excluding hydrogens is 526 g/mol. The second-order valence-electron chi connectivity index (χ2n) is 9.27. The number of para-hydroxylation sites is 1. The van der Waals surface area contributed by atoms with Crippen molar-refractivity contribution in [3.8, 4) is 5.75 Å². The first-order valence-corrected chi connectivity index (χ1v) is 13.4. The number of primary amides is 1. The Balaban J connectivity index is 1.91. The van der Waals surface area contributed by atoms with E-state index in [1.807, 2.05) is 51.1 Å². The number of nitrogens with two attached hydrogens (primary N) is 2. The van der Waals surface area contributed by atoms with Gasteiger partial charge in [0.25, 0.3) is 17.7 Å². The number of aryl methyl sites for hydroxylation is 3. The molecular formula is C30H31N5O4S. The third kappa shape index (κ3) is 5.67. The Kier molecular flexibility index (Phi) is 8.49. The molecule has 1 aromatic heterocycles. The molecule has 0 spiro atoms. The standard InChI is InChI=1S/C30H31N5O4S/c1-5-19-9-13-21(14-10-19)35(30(38)27-23(31)25(28(32)36)34-40-27)26(20-11-15-22(39-4)16-12-20)29(37)33-24-17(2)7-6-8-18(24)3/h6-16,26H,5,31H2,1-4H3,(H2,32,36)(H,33,37). The molecule has 9 nitrogen and oxygen atoms in total. The Morgan fingerprint density at radius 3 is 2.15 bits per heavy atom. The van der Waals surface area contributed by atoms with Crippen LogP contribution < -0.4 is 26.4 Å². The number of methoxy groups -OCH3 is 1. The van der Waals surface area contributed by atoms with Crippen LogP contribution in [0.15, 0.2) is 66.7 Å². The van der Waals surface area contributed by atoms with Crippen LogP contribution in [0.25, 0.3) is 0 Å². The Bertz CT molecular complexity index is 1530. The molecule has 0 saturated carbocycles. The molecule has 0 aliphatic carbocycles. The number of hydrogen-bond donors (Lipinski definition) is 3. The van der Waals surface area contributed by atoms with Crippen LogP contribution >= 0.6 is 11.5 Å². The number of nitrogen functional groups attached to an aromatic ring is 1. The number of hydrogen-bond acceptors (Lipinski definition) is 7. The van der Waals surface area contributed by atoms with E-state index in [9.17, 15) is 14.4 Å². The number of ether oxygens (including phenoxy) is 1. The first kappa shape index (κ1) is 28.3. The fourth-order valence-electron chi connectivity index (χ4n) is 4.42. The molecule has 0 aliphatic heterocycles. The van der Waals surface area contributed by atoms with Gasteiger partial charge in [0.1, 0.15) is 16.7 Å². The summed E-state index contributed by atoms with van der Waals surface area (Å²) in [6, 6.07) is 18.9. The maximum absolute atomic E-state index is 14.2. The van der Waals surface area contributed by atoms with Crippen LogP contribution in [0, 0.1) is 13.8 Å². The van der Waals surface area contributed by atoms with Gasteiger partial charge in [0, 0.05) is 11.4 Å². The SMILES string of the molecule is CCc1ccc(N(C(=O)c2snc(C(N)=O)c2N)C(C(=O)Nc2c(C)cccc2C)c2ccc(OC)cc2)cc1. The summed E-state index contributed by atoms with van der Waals surface area (Å²) in [5.41, 5.74) is 15.8. The first-order valence-electron chi connectivity index (χ1n) is 12.6. The number of carbonyl (C=O) groups is 3. The van der Waals surface area contributed by atoms with Gasteiger partial charge in [-0.1, -0.05) is 49.4 Å². The van der Waals surface area contributed by atoms with E-state index in [1.54, 1.807) is 43.5 Å². The molecule has 206 valence electrons. The van der Waals surface area contributed by atoms with E-state index < -0.39 is 23.8 Å². The average molecular weight is 558 g/mol.